The Kier molecular flexibility index (Phi) is 6.57. The smallest absolute Gasteiger partial charge is 0.0961 e. The molecule has 0 amide bonds. The number of nitrogens with zero attached hydrogens (tertiary/aromatic N) is 1. The van der Waals surface area contributed by atoms with Gasteiger partial charge in [-0.25, -0.2) is 0 Å². The van der Waals surface area contributed by atoms with Crippen molar-refractivity contribution in [2.75, 3.05) is 6.54 Å². The summed E-state index contributed by atoms with van der Waals surface area (Å²) in [4.78, 5) is 0. The first-order valence-corrected chi connectivity index (χ1v) is 5.42. The van der Waals surface area contributed by atoms with E-state index in [0.29, 0.717) is 6.54 Å². The first-order chi connectivity index (χ1) is 7.51. The molecular formula is C14H19ClN2. The second-order valence-corrected chi connectivity index (χ2v) is 4.80. The van der Waals surface area contributed by atoms with Crippen LogP contribution >= 0.6 is 12.4 Å². The summed E-state index contributed by atoms with van der Waals surface area (Å²) in [6.07, 6.45) is 1.92. The van der Waals surface area contributed by atoms with E-state index in [4.69, 9.17) is 5.26 Å². The van der Waals surface area contributed by atoms with Gasteiger partial charge >= 0.3 is 0 Å². The van der Waals surface area contributed by atoms with Crippen LogP contribution in [0.2, 0.25) is 0 Å². The third-order valence-corrected chi connectivity index (χ3v) is 2.09. The van der Waals surface area contributed by atoms with Crippen LogP contribution in [0.25, 0.3) is 6.08 Å². The normalized spacial score (nSPS) is 11.5. The average molecular weight is 251 g/mol. The monoisotopic (exact) mass is 250 g/mol. The van der Waals surface area contributed by atoms with E-state index >= 15 is 0 Å². The van der Waals surface area contributed by atoms with Crippen LogP contribution in [0.3, 0.4) is 0 Å². The summed E-state index contributed by atoms with van der Waals surface area (Å²) in [5.41, 5.74) is 1.85. The summed E-state index contributed by atoms with van der Waals surface area (Å²) < 4.78 is 0. The van der Waals surface area contributed by atoms with Crippen LogP contribution in [0.1, 0.15) is 26.3 Å². The zero-order valence-corrected chi connectivity index (χ0v) is 11.3. The van der Waals surface area contributed by atoms with Gasteiger partial charge in [0.15, 0.2) is 0 Å². The first-order valence-electron chi connectivity index (χ1n) is 5.42. The Bertz CT molecular complexity index is 396. The van der Waals surface area contributed by atoms with E-state index in [9.17, 15) is 0 Å². The van der Waals surface area contributed by atoms with Gasteiger partial charge in [-0.2, -0.15) is 5.26 Å². The van der Waals surface area contributed by atoms with Crippen molar-refractivity contribution in [3.8, 4) is 6.07 Å². The molecule has 1 aromatic rings. The van der Waals surface area contributed by atoms with Crippen LogP contribution in [-0.4, -0.2) is 12.1 Å². The Morgan fingerprint density at radius 3 is 2.35 bits per heavy atom. The lowest BCUT2D eigenvalue weighted by Crippen LogP contribution is -2.36. The quantitative estimate of drug-likeness (QED) is 0.835. The predicted molar refractivity (Wildman–Crippen MR) is 75.0 cm³/mol. The fourth-order valence-electron chi connectivity index (χ4n) is 1.23. The molecule has 0 aliphatic carbocycles. The molecule has 17 heavy (non-hydrogen) atoms. The second kappa shape index (κ2) is 7.11. The number of halogens is 1. The Labute approximate surface area is 110 Å². The van der Waals surface area contributed by atoms with Crippen LogP contribution < -0.4 is 5.32 Å². The van der Waals surface area contributed by atoms with Crippen LogP contribution in [0.15, 0.2) is 35.9 Å². The van der Waals surface area contributed by atoms with Gasteiger partial charge in [0, 0.05) is 17.7 Å². The number of rotatable bonds is 3. The van der Waals surface area contributed by atoms with Crippen LogP contribution in [0, 0.1) is 11.3 Å². The molecule has 0 bridgehead atoms. The maximum Gasteiger partial charge on any atom is 0.0961 e. The average Bonchev–Trinajstić information content (AvgIpc) is 2.24. The third kappa shape index (κ3) is 6.78. The zero-order chi connectivity index (χ0) is 12.0. The van der Waals surface area contributed by atoms with Gasteiger partial charge in [-0.05, 0) is 32.4 Å². The molecule has 1 rings (SSSR count). The van der Waals surface area contributed by atoms with Crippen molar-refractivity contribution in [1.29, 1.82) is 5.26 Å². The van der Waals surface area contributed by atoms with E-state index in [1.807, 2.05) is 36.4 Å². The number of benzene rings is 1. The van der Waals surface area contributed by atoms with Crippen molar-refractivity contribution in [3.05, 3.63) is 41.5 Å². The molecule has 0 aliphatic heterocycles. The van der Waals surface area contributed by atoms with Crippen molar-refractivity contribution < 1.29 is 0 Å². The van der Waals surface area contributed by atoms with Crippen molar-refractivity contribution in [1.82, 2.24) is 5.32 Å². The van der Waals surface area contributed by atoms with Crippen molar-refractivity contribution in [3.63, 3.8) is 0 Å². The first kappa shape index (κ1) is 15.7. The molecule has 0 saturated heterocycles. The van der Waals surface area contributed by atoms with Crippen molar-refractivity contribution in [2.24, 2.45) is 0 Å². The van der Waals surface area contributed by atoms with Gasteiger partial charge < -0.3 is 5.32 Å². The number of hydrogen-bond donors (Lipinski definition) is 1. The predicted octanol–water partition coefficient (Wildman–Crippen LogP) is 3.40. The largest absolute Gasteiger partial charge is 0.307 e. The molecule has 0 atom stereocenters. The van der Waals surface area contributed by atoms with Crippen LogP contribution in [0.5, 0.6) is 0 Å². The summed E-state index contributed by atoms with van der Waals surface area (Å²) in [6, 6.07) is 12.1. The van der Waals surface area contributed by atoms with E-state index in [1.165, 1.54) is 0 Å². The molecular weight excluding hydrogens is 232 g/mol. The van der Waals surface area contributed by atoms with Gasteiger partial charge in [0.05, 0.1) is 6.07 Å². The SMILES string of the molecule is CC(C)(C)NC/C(C#N)=C\c1ccccc1.Cl. The topological polar surface area (TPSA) is 35.8 Å². The molecule has 3 heteroatoms. The molecule has 2 nitrogen and oxygen atoms in total. The van der Waals surface area contributed by atoms with Crippen LogP contribution in [-0.2, 0) is 0 Å². The molecule has 0 aromatic heterocycles. The highest BCUT2D eigenvalue weighted by Gasteiger charge is 2.09. The molecule has 0 radical (unpaired) electrons. The lowest BCUT2D eigenvalue weighted by atomic mass is 10.1. The summed E-state index contributed by atoms with van der Waals surface area (Å²) in [5, 5.41) is 12.3. The summed E-state index contributed by atoms with van der Waals surface area (Å²) >= 11 is 0. The maximum absolute atomic E-state index is 9.03. The zero-order valence-electron chi connectivity index (χ0n) is 10.5. The minimum absolute atomic E-state index is 0. The summed E-state index contributed by atoms with van der Waals surface area (Å²) in [6.45, 7) is 6.87. The highest BCUT2D eigenvalue weighted by atomic mass is 35.5. The Morgan fingerprint density at radius 1 is 1.29 bits per heavy atom. The summed E-state index contributed by atoms with van der Waals surface area (Å²) in [7, 11) is 0. The molecule has 0 saturated carbocycles. The van der Waals surface area contributed by atoms with Gasteiger partial charge in [-0.15, -0.1) is 12.4 Å². The van der Waals surface area contributed by atoms with E-state index in [0.717, 1.165) is 11.1 Å². The fraction of sp³-hybridized carbons (Fsp3) is 0.357. The molecule has 1 N–H and O–H groups in total. The number of nitrogens with one attached hydrogen (secondary N) is 1. The number of nitriles is 1. The van der Waals surface area contributed by atoms with Gasteiger partial charge in [0.25, 0.3) is 0 Å². The Morgan fingerprint density at radius 2 is 1.88 bits per heavy atom. The molecule has 0 fully saturated rings. The third-order valence-electron chi connectivity index (χ3n) is 2.09. The fourth-order valence-corrected chi connectivity index (χ4v) is 1.23. The standard InChI is InChI=1S/C14H18N2.ClH/c1-14(2,3)16-11-13(10-15)9-12-7-5-4-6-8-12;/h4-9,16H,11H2,1-3H3;1H/b13-9-;. The lowest BCUT2D eigenvalue weighted by Gasteiger charge is -2.20. The van der Waals surface area contributed by atoms with E-state index < -0.39 is 0 Å². The Balaban J connectivity index is 0.00000256. The van der Waals surface area contributed by atoms with Gasteiger partial charge in [-0.3, -0.25) is 0 Å². The van der Waals surface area contributed by atoms with E-state index in [1.54, 1.807) is 0 Å². The highest BCUT2D eigenvalue weighted by molar-refractivity contribution is 5.85. The van der Waals surface area contributed by atoms with Gasteiger partial charge in [-0.1, -0.05) is 30.3 Å². The second-order valence-electron chi connectivity index (χ2n) is 4.80. The molecule has 1 aromatic carbocycles. The lowest BCUT2D eigenvalue weighted by molar-refractivity contribution is 0.447. The van der Waals surface area contributed by atoms with E-state index in [-0.39, 0.29) is 17.9 Å². The molecule has 0 spiro atoms. The van der Waals surface area contributed by atoms with Gasteiger partial charge in [0.2, 0.25) is 0 Å². The molecule has 0 aliphatic rings. The molecule has 0 unspecified atom stereocenters. The minimum atomic E-state index is 0. The molecule has 0 heterocycles. The highest BCUT2D eigenvalue weighted by Crippen LogP contribution is 2.07. The summed E-state index contributed by atoms with van der Waals surface area (Å²) in [5.74, 6) is 0. The van der Waals surface area contributed by atoms with Crippen molar-refractivity contribution >= 4 is 18.5 Å². The maximum atomic E-state index is 9.03. The van der Waals surface area contributed by atoms with Gasteiger partial charge in [0.1, 0.15) is 0 Å². The van der Waals surface area contributed by atoms with E-state index in [2.05, 4.69) is 32.2 Å². The van der Waals surface area contributed by atoms with Crippen LogP contribution in [0.4, 0.5) is 0 Å². The number of hydrogen-bond acceptors (Lipinski definition) is 2. The minimum Gasteiger partial charge on any atom is -0.307 e. The Hall–Kier alpha value is -1.30. The molecule has 92 valence electrons. The van der Waals surface area contributed by atoms with Crippen molar-refractivity contribution in [2.45, 2.75) is 26.3 Å².